The molecule has 0 atom stereocenters. The standard InChI is InChI=1S/C15H23NO2/c1-5-6-7-8-13(17)9-14-12(3)15(18-4)11(2)10-16-14/h10H,5-9H2,1-4H3. The van der Waals surface area contributed by atoms with Crippen LogP contribution in [0.15, 0.2) is 6.20 Å². The average Bonchev–Trinajstić information content (AvgIpc) is 2.34. The van der Waals surface area contributed by atoms with E-state index in [4.69, 9.17) is 4.74 Å². The average molecular weight is 249 g/mol. The van der Waals surface area contributed by atoms with E-state index in [9.17, 15) is 4.79 Å². The van der Waals surface area contributed by atoms with Crippen molar-refractivity contribution in [2.24, 2.45) is 0 Å². The van der Waals surface area contributed by atoms with Gasteiger partial charge in [-0.3, -0.25) is 9.78 Å². The van der Waals surface area contributed by atoms with Crippen molar-refractivity contribution < 1.29 is 9.53 Å². The van der Waals surface area contributed by atoms with Crippen LogP contribution in [0.3, 0.4) is 0 Å². The first-order chi connectivity index (χ1) is 8.60. The molecule has 0 aromatic carbocycles. The third-order valence-electron chi connectivity index (χ3n) is 3.17. The predicted molar refractivity (Wildman–Crippen MR) is 73.1 cm³/mol. The molecule has 0 aliphatic heterocycles. The molecule has 0 aliphatic carbocycles. The number of methoxy groups -OCH3 is 1. The maximum Gasteiger partial charge on any atom is 0.138 e. The zero-order valence-electron chi connectivity index (χ0n) is 11.9. The summed E-state index contributed by atoms with van der Waals surface area (Å²) in [5, 5.41) is 0. The van der Waals surface area contributed by atoms with Crippen LogP contribution in [0.25, 0.3) is 0 Å². The van der Waals surface area contributed by atoms with E-state index < -0.39 is 0 Å². The van der Waals surface area contributed by atoms with Crippen LogP contribution >= 0.6 is 0 Å². The number of hydrogen-bond donors (Lipinski definition) is 0. The molecule has 1 rings (SSSR count). The normalized spacial score (nSPS) is 10.4. The van der Waals surface area contributed by atoms with E-state index in [2.05, 4.69) is 11.9 Å². The Morgan fingerprint density at radius 3 is 2.67 bits per heavy atom. The monoisotopic (exact) mass is 249 g/mol. The van der Waals surface area contributed by atoms with Gasteiger partial charge >= 0.3 is 0 Å². The Morgan fingerprint density at radius 1 is 1.33 bits per heavy atom. The smallest absolute Gasteiger partial charge is 0.138 e. The molecule has 0 aliphatic rings. The van der Waals surface area contributed by atoms with Crippen molar-refractivity contribution in [1.82, 2.24) is 4.98 Å². The number of Topliss-reactive ketones (excluding diaryl/α,β-unsaturated/α-hetero) is 1. The van der Waals surface area contributed by atoms with Gasteiger partial charge < -0.3 is 4.74 Å². The Bertz CT molecular complexity index is 413. The summed E-state index contributed by atoms with van der Waals surface area (Å²) in [6, 6.07) is 0. The van der Waals surface area contributed by atoms with Gasteiger partial charge in [0.25, 0.3) is 0 Å². The number of pyridine rings is 1. The molecule has 0 unspecified atom stereocenters. The van der Waals surface area contributed by atoms with Gasteiger partial charge in [-0.1, -0.05) is 19.8 Å². The van der Waals surface area contributed by atoms with E-state index >= 15 is 0 Å². The second-order valence-electron chi connectivity index (χ2n) is 4.72. The van der Waals surface area contributed by atoms with Crippen molar-refractivity contribution >= 4 is 5.78 Å². The Kier molecular flexibility index (Phi) is 5.83. The molecule has 100 valence electrons. The quantitative estimate of drug-likeness (QED) is 0.695. The number of rotatable bonds is 7. The van der Waals surface area contributed by atoms with E-state index in [-0.39, 0.29) is 5.78 Å². The minimum atomic E-state index is 0.268. The number of unbranched alkanes of at least 4 members (excludes halogenated alkanes) is 2. The van der Waals surface area contributed by atoms with Gasteiger partial charge in [0.05, 0.1) is 12.8 Å². The van der Waals surface area contributed by atoms with Crippen molar-refractivity contribution in [3.8, 4) is 5.75 Å². The third-order valence-corrected chi connectivity index (χ3v) is 3.17. The largest absolute Gasteiger partial charge is 0.496 e. The lowest BCUT2D eigenvalue weighted by Gasteiger charge is -2.11. The van der Waals surface area contributed by atoms with Crippen LogP contribution in [0, 0.1) is 13.8 Å². The molecule has 0 saturated carbocycles. The summed E-state index contributed by atoms with van der Waals surface area (Å²) in [4.78, 5) is 16.2. The summed E-state index contributed by atoms with van der Waals surface area (Å²) in [6.07, 6.45) is 6.10. The van der Waals surface area contributed by atoms with E-state index in [1.807, 2.05) is 13.8 Å². The number of aromatic nitrogens is 1. The van der Waals surface area contributed by atoms with Crippen LogP contribution in [-0.4, -0.2) is 17.9 Å². The maximum atomic E-state index is 11.8. The number of hydrogen-bond acceptors (Lipinski definition) is 3. The van der Waals surface area contributed by atoms with Gasteiger partial charge in [0.1, 0.15) is 11.5 Å². The predicted octanol–water partition coefficient (Wildman–Crippen LogP) is 3.40. The lowest BCUT2D eigenvalue weighted by molar-refractivity contribution is -0.118. The SMILES string of the molecule is CCCCCC(=O)Cc1ncc(C)c(OC)c1C. The molecule has 18 heavy (non-hydrogen) atoms. The van der Waals surface area contributed by atoms with E-state index in [1.165, 1.54) is 0 Å². The Labute approximate surface area is 110 Å². The third kappa shape index (κ3) is 3.83. The zero-order valence-corrected chi connectivity index (χ0v) is 11.9. The summed E-state index contributed by atoms with van der Waals surface area (Å²) in [5.41, 5.74) is 2.84. The molecule has 0 bridgehead atoms. The van der Waals surface area contributed by atoms with Gasteiger partial charge in [0, 0.05) is 30.2 Å². The second kappa shape index (κ2) is 7.14. The number of ether oxygens (including phenoxy) is 1. The Hall–Kier alpha value is -1.38. The fraction of sp³-hybridized carbons (Fsp3) is 0.600. The number of nitrogens with zero attached hydrogens (tertiary/aromatic N) is 1. The van der Waals surface area contributed by atoms with Crippen LogP contribution in [-0.2, 0) is 11.2 Å². The van der Waals surface area contributed by atoms with E-state index in [1.54, 1.807) is 13.3 Å². The molecule has 3 nitrogen and oxygen atoms in total. The van der Waals surface area contributed by atoms with Crippen LogP contribution in [0.1, 0.15) is 49.4 Å². The van der Waals surface area contributed by atoms with Crippen molar-refractivity contribution in [2.75, 3.05) is 7.11 Å². The lowest BCUT2D eigenvalue weighted by atomic mass is 10.0. The minimum absolute atomic E-state index is 0.268. The van der Waals surface area contributed by atoms with Crippen molar-refractivity contribution in [3.05, 3.63) is 23.0 Å². The fourth-order valence-electron chi connectivity index (χ4n) is 2.10. The first-order valence-corrected chi connectivity index (χ1v) is 6.60. The molecule has 1 heterocycles. The van der Waals surface area contributed by atoms with Gasteiger partial charge in [-0.25, -0.2) is 0 Å². The molecule has 1 aromatic heterocycles. The molecule has 0 spiro atoms. The van der Waals surface area contributed by atoms with Gasteiger partial charge in [-0.05, 0) is 20.3 Å². The first-order valence-electron chi connectivity index (χ1n) is 6.60. The maximum absolute atomic E-state index is 11.8. The highest BCUT2D eigenvalue weighted by molar-refractivity contribution is 5.80. The molecule has 1 aromatic rings. The number of aryl methyl sites for hydroxylation is 1. The van der Waals surface area contributed by atoms with Gasteiger partial charge in [-0.15, -0.1) is 0 Å². The lowest BCUT2D eigenvalue weighted by Crippen LogP contribution is -2.07. The first kappa shape index (κ1) is 14.7. The van der Waals surface area contributed by atoms with Crippen LogP contribution in [0.2, 0.25) is 0 Å². The number of ketones is 1. The van der Waals surface area contributed by atoms with Crippen LogP contribution in [0.5, 0.6) is 5.75 Å². The topological polar surface area (TPSA) is 39.2 Å². The van der Waals surface area contributed by atoms with E-state index in [0.29, 0.717) is 12.8 Å². The summed E-state index contributed by atoms with van der Waals surface area (Å²) in [6.45, 7) is 6.07. The molecule has 3 heteroatoms. The summed E-state index contributed by atoms with van der Waals surface area (Å²) in [7, 11) is 1.65. The summed E-state index contributed by atoms with van der Waals surface area (Å²) >= 11 is 0. The highest BCUT2D eigenvalue weighted by Gasteiger charge is 2.12. The van der Waals surface area contributed by atoms with Crippen LogP contribution in [0.4, 0.5) is 0 Å². The van der Waals surface area contributed by atoms with Crippen molar-refractivity contribution in [3.63, 3.8) is 0 Å². The molecule has 0 fully saturated rings. The molecule has 0 N–H and O–H groups in total. The van der Waals surface area contributed by atoms with E-state index in [0.717, 1.165) is 41.8 Å². The Morgan fingerprint density at radius 2 is 2.06 bits per heavy atom. The summed E-state index contributed by atoms with van der Waals surface area (Å²) in [5.74, 6) is 1.12. The minimum Gasteiger partial charge on any atom is -0.496 e. The highest BCUT2D eigenvalue weighted by Crippen LogP contribution is 2.24. The summed E-state index contributed by atoms with van der Waals surface area (Å²) < 4.78 is 5.35. The second-order valence-corrected chi connectivity index (χ2v) is 4.72. The highest BCUT2D eigenvalue weighted by atomic mass is 16.5. The van der Waals surface area contributed by atoms with Gasteiger partial charge in [-0.2, -0.15) is 0 Å². The molecule has 0 amide bonds. The zero-order chi connectivity index (χ0) is 13.5. The number of carbonyl (C=O) groups excluding carboxylic acids is 1. The molecular formula is C15H23NO2. The van der Waals surface area contributed by atoms with Gasteiger partial charge in [0.15, 0.2) is 0 Å². The van der Waals surface area contributed by atoms with Crippen LogP contribution < -0.4 is 4.74 Å². The van der Waals surface area contributed by atoms with Crippen molar-refractivity contribution in [1.29, 1.82) is 0 Å². The Balaban J connectivity index is 2.70. The molecule has 0 saturated heterocycles. The van der Waals surface area contributed by atoms with Crippen molar-refractivity contribution in [2.45, 2.75) is 52.9 Å². The molecular weight excluding hydrogens is 226 g/mol. The fourth-order valence-corrected chi connectivity index (χ4v) is 2.10. The number of carbonyl (C=O) groups is 1. The molecule has 0 radical (unpaired) electrons. The van der Waals surface area contributed by atoms with Gasteiger partial charge in [0.2, 0.25) is 0 Å².